The third kappa shape index (κ3) is 2.72. The molecule has 0 unspecified atom stereocenters. The number of benzene rings is 1. The molecule has 3 rings (SSSR count). The molecule has 1 aliphatic heterocycles. The van der Waals surface area contributed by atoms with Gasteiger partial charge in [-0.1, -0.05) is 15.9 Å². The van der Waals surface area contributed by atoms with E-state index >= 15 is 0 Å². The minimum Gasteiger partial charge on any atom is -0.317 e. The third-order valence-electron chi connectivity index (χ3n) is 3.58. The Labute approximate surface area is 119 Å². The van der Waals surface area contributed by atoms with Gasteiger partial charge in [-0.2, -0.15) is 5.10 Å². The number of halogens is 2. The molecule has 0 bridgehead atoms. The molecule has 1 saturated heterocycles. The van der Waals surface area contributed by atoms with E-state index in [0.29, 0.717) is 17.2 Å². The van der Waals surface area contributed by atoms with Crippen LogP contribution in [0.3, 0.4) is 0 Å². The van der Waals surface area contributed by atoms with Gasteiger partial charge in [0.2, 0.25) is 0 Å². The number of hydrogen-bond donors (Lipinski definition) is 2. The van der Waals surface area contributed by atoms with Crippen molar-refractivity contribution < 1.29 is 4.39 Å². The molecule has 3 nitrogen and oxygen atoms in total. The minimum atomic E-state index is -0.244. The summed E-state index contributed by atoms with van der Waals surface area (Å²) in [6.07, 6.45) is 2.20. The monoisotopic (exact) mass is 323 g/mol. The smallest absolute Gasteiger partial charge is 0.132 e. The molecule has 19 heavy (non-hydrogen) atoms. The quantitative estimate of drug-likeness (QED) is 0.888. The summed E-state index contributed by atoms with van der Waals surface area (Å²) < 4.78 is 14.7. The van der Waals surface area contributed by atoms with E-state index in [-0.39, 0.29) is 5.82 Å². The highest BCUT2D eigenvalue weighted by molar-refractivity contribution is 9.10. The van der Waals surface area contributed by atoms with Crippen molar-refractivity contribution in [3.63, 3.8) is 0 Å². The van der Waals surface area contributed by atoms with Crippen molar-refractivity contribution in [3.8, 4) is 11.3 Å². The van der Waals surface area contributed by atoms with Crippen LogP contribution in [0.5, 0.6) is 0 Å². The summed E-state index contributed by atoms with van der Waals surface area (Å²) in [6, 6.07) is 6.88. The van der Waals surface area contributed by atoms with E-state index in [4.69, 9.17) is 0 Å². The van der Waals surface area contributed by atoms with Crippen LogP contribution in [0.1, 0.15) is 24.5 Å². The lowest BCUT2D eigenvalue weighted by Gasteiger charge is -2.20. The van der Waals surface area contributed by atoms with Crippen molar-refractivity contribution in [3.05, 3.63) is 40.2 Å². The fourth-order valence-electron chi connectivity index (χ4n) is 2.51. The summed E-state index contributed by atoms with van der Waals surface area (Å²) >= 11 is 3.36. The normalized spacial score (nSPS) is 16.7. The first-order valence-electron chi connectivity index (χ1n) is 6.45. The molecule has 100 valence electrons. The third-order valence-corrected chi connectivity index (χ3v) is 4.07. The number of nitrogens with zero attached hydrogens (tertiary/aromatic N) is 1. The Kier molecular flexibility index (Phi) is 3.66. The second kappa shape index (κ2) is 5.43. The van der Waals surface area contributed by atoms with Crippen molar-refractivity contribution in [2.45, 2.75) is 18.8 Å². The summed E-state index contributed by atoms with van der Waals surface area (Å²) in [6.45, 7) is 2.06. The molecule has 0 saturated carbocycles. The first-order chi connectivity index (χ1) is 9.24. The van der Waals surface area contributed by atoms with E-state index < -0.39 is 0 Å². The van der Waals surface area contributed by atoms with E-state index in [1.165, 1.54) is 6.07 Å². The summed E-state index contributed by atoms with van der Waals surface area (Å²) in [4.78, 5) is 0. The summed E-state index contributed by atoms with van der Waals surface area (Å²) in [5.74, 6) is 0.254. The highest BCUT2D eigenvalue weighted by atomic mass is 79.9. The van der Waals surface area contributed by atoms with Crippen LogP contribution in [0.15, 0.2) is 28.7 Å². The molecule has 5 heteroatoms. The number of hydrogen-bond acceptors (Lipinski definition) is 2. The zero-order valence-electron chi connectivity index (χ0n) is 10.4. The van der Waals surface area contributed by atoms with Gasteiger partial charge in [-0.3, -0.25) is 5.10 Å². The number of piperidine rings is 1. The summed E-state index contributed by atoms with van der Waals surface area (Å²) in [5.41, 5.74) is 2.31. The number of rotatable bonds is 2. The van der Waals surface area contributed by atoms with Crippen LogP contribution in [0, 0.1) is 5.82 Å². The Balaban J connectivity index is 1.89. The number of aromatic amines is 1. The number of aromatic nitrogens is 2. The van der Waals surface area contributed by atoms with Gasteiger partial charge in [0, 0.05) is 21.6 Å². The molecule has 0 atom stereocenters. The zero-order chi connectivity index (χ0) is 13.2. The molecule has 2 heterocycles. The van der Waals surface area contributed by atoms with Crippen molar-refractivity contribution in [2.75, 3.05) is 13.1 Å². The number of H-pyrrole nitrogens is 1. The molecule has 1 aromatic carbocycles. The van der Waals surface area contributed by atoms with Crippen LogP contribution in [-0.2, 0) is 0 Å². The standard InChI is InChI=1S/C14H15BrFN3/c15-10-1-2-12(16)11(7-10)14-8-13(18-19-14)9-3-5-17-6-4-9/h1-2,7-9,17H,3-6H2,(H,18,19). The summed E-state index contributed by atoms with van der Waals surface area (Å²) in [5, 5.41) is 10.7. The highest BCUT2D eigenvalue weighted by Crippen LogP contribution is 2.29. The van der Waals surface area contributed by atoms with E-state index in [0.717, 1.165) is 36.1 Å². The Morgan fingerprint density at radius 3 is 2.79 bits per heavy atom. The topological polar surface area (TPSA) is 40.7 Å². The molecule has 1 aromatic heterocycles. The molecule has 0 aliphatic carbocycles. The Morgan fingerprint density at radius 1 is 1.21 bits per heavy atom. The highest BCUT2D eigenvalue weighted by Gasteiger charge is 2.18. The molecule has 2 aromatic rings. The zero-order valence-corrected chi connectivity index (χ0v) is 12.0. The predicted octanol–water partition coefficient (Wildman–Crippen LogP) is 3.45. The lowest BCUT2D eigenvalue weighted by atomic mass is 9.94. The van der Waals surface area contributed by atoms with Crippen LogP contribution in [0.4, 0.5) is 4.39 Å². The number of nitrogens with one attached hydrogen (secondary N) is 2. The Bertz CT molecular complexity index is 576. The van der Waals surface area contributed by atoms with Gasteiger partial charge in [-0.25, -0.2) is 4.39 Å². The predicted molar refractivity (Wildman–Crippen MR) is 76.5 cm³/mol. The maximum Gasteiger partial charge on any atom is 0.132 e. The second-order valence-electron chi connectivity index (χ2n) is 4.86. The molecule has 2 N–H and O–H groups in total. The van der Waals surface area contributed by atoms with Crippen molar-refractivity contribution in [2.24, 2.45) is 0 Å². The maximum absolute atomic E-state index is 13.8. The van der Waals surface area contributed by atoms with Gasteiger partial charge < -0.3 is 5.32 Å². The second-order valence-corrected chi connectivity index (χ2v) is 5.77. The van der Waals surface area contributed by atoms with E-state index in [1.807, 2.05) is 6.07 Å². The SMILES string of the molecule is Fc1ccc(Br)cc1-c1cc(C2CCNCC2)[nH]n1. The largest absolute Gasteiger partial charge is 0.317 e. The minimum absolute atomic E-state index is 0.244. The molecule has 1 fully saturated rings. The van der Waals surface area contributed by atoms with Gasteiger partial charge in [0.25, 0.3) is 0 Å². The fourth-order valence-corrected chi connectivity index (χ4v) is 2.87. The fraction of sp³-hybridized carbons (Fsp3) is 0.357. The van der Waals surface area contributed by atoms with Crippen molar-refractivity contribution in [1.29, 1.82) is 0 Å². The van der Waals surface area contributed by atoms with Gasteiger partial charge >= 0.3 is 0 Å². The van der Waals surface area contributed by atoms with Gasteiger partial charge in [0.05, 0.1) is 5.69 Å². The maximum atomic E-state index is 13.8. The molecule has 1 aliphatic rings. The molecular formula is C14H15BrFN3. The molecule has 0 spiro atoms. The summed E-state index contributed by atoms with van der Waals surface area (Å²) in [7, 11) is 0. The van der Waals surface area contributed by atoms with Crippen LogP contribution in [0.2, 0.25) is 0 Å². The van der Waals surface area contributed by atoms with Gasteiger partial charge in [0.1, 0.15) is 5.82 Å². The average molecular weight is 324 g/mol. The van der Waals surface area contributed by atoms with Gasteiger partial charge in [-0.05, 0) is 50.2 Å². The lowest BCUT2D eigenvalue weighted by Crippen LogP contribution is -2.26. The van der Waals surface area contributed by atoms with Crippen molar-refractivity contribution in [1.82, 2.24) is 15.5 Å². The van der Waals surface area contributed by atoms with E-state index in [1.54, 1.807) is 12.1 Å². The Hall–Kier alpha value is -1.20. The first-order valence-corrected chi connectivity index (χ1v) is 7.25. The first kappa shape index (κ1) is 12.8. The van der Waals surface area contributed by atoms with Crippen LogP contribution >= 0.6 is 15.9 Å². The molecule has 0 radical (unpaired) electrons. The Morgan fingerprint density at radius 2 is 2.00 bits per heavy atom. The van der Waals surface area contributed by atoms with E-state index in [9.17, 15) is 4.39 Å². The molecule has 0 amide bonds. The van der Waals surface area contributed by atoms with E-state index in [2.05, 4.69) is 31.4 Å². The molecular weight excluding hydrogens is 309 g/mol. The van der Waals surface area contributed by atoms with Gasteiger partial charge in [-0.15, -0.1) is 0 Å². The van der Waals surface area contributed by atoms with Crippen LogP contribution < -0.4 is 5.32 Å². The van der Waals surface area contributed by atoms with Gasteiger partial charge in [0.15, 0.2) is 0 Å². The average Bonchev–Trinajstić information content (AvgIpc) is 2.92. The van der Waals surface area contributed by atoms with Crippen LogP contribution in [-0.4, -0.2) is 23.3 Å². The van der Waals surface area contributed by atoms with Crippen molar-refractivity contribution >= 4 is 15.9 Å². The lowest BCUT2D eigenvalue weighted by molar-refractivity contribution is 0.453. The van der Waals surface area contributed by atoms with Crippen LogP contribution in [0.25, 0.3) is 11.3 Å².